The van der Waals surface area contributed by atoms with E-state index in [0.29, 0.717) is 31.9 Å². The molecule has 1 aromatic carbocycles. The molecule has 98 valence electrons. The lowest BCUT2D eigenvalue weighted by atomic mass is 10.1. The first kappa shape index (κ1) is 13.3. The van der Waals surface area contributed by atoms with Crippen molar-refractivity contribution >= 4 is 17.5 Å². The highest BCUT2D eigenvalue weighted by Crippen LogP contribution is 2.22. The van der Waals surface area contributed by atoms with Gasteiger partial charge in [-0.05, 0) is 12.1 Å². The van der Waals surface area contributed by atoms with Crippen molar-refractivity contribution in [2.45, 2.75) is 6.54 Å². The van der Waals surface area contributed by atoms with E-state index in [2.05, 4.69) is 0 Å². The summed E-state index contributed by atoms with van der Waals surface area (Å²) in [7, 11) is 0. The number of carbonyl (C=O) groups excluding carboxylic acids is 1. The highest BCUT2D eigenvalue weighted by atomic mass is 35.5. The topological polar surface area (TPSA) is 55.6 Å². The lowest BCUT2D eigenvalue weighted by Gasteiger charge is -2.27. The molecule has 4 nitrogen and oxygen atoms in total. The van der Waals surface area contributed by atoms with E-state index in [1.165, 1.54) is 12.1 Å². The maximum atomic E-state index is 13.5. The van der Waals surface area contributed by atoms with Crippen molar-refractivity contribution in [2.24, 2.45) is 5.73 Å². The van der Waals surface area contributed by atoms with Crippen molar-refractivity contribution in [1.82, 2.24) is 4.90 Å². The van der Waals surface area contributed by atoms with Crippen molar-refractivity contribution < 1.29 is 13.9 Å². The quantitative estimate of drug-likeness (QED) is 0.886. The molecule has 1 fully saturated rings. The summed E-state index contributed by atoms with van der Waals surface area (Å²) in [5.74, 6) is -0.729. The number of rotatable bonds is 2. The van der Waals surface area contributed by atoms with E-state index < -0.39 is 5.82 Å². The molecule has 0 spiro atoms. The Balaban J connectivity index is 2.27. The van der Waals surface area contributed by atoms with Crippen LogP contribution >= 0.6 is 11.6 Å². The van der Waals surface area contributed by atoms with Crippen LogP contribution in [0.15, 0.2) is 12.1 Å². The van der Waals surface area contributed by atoms with Crippen LogP contribution in [-0.4, -0.2) is 37.1 Å². The van der Waals surface area contributed by atoms with Crippen molar-refractivity contribution in [2.75, 3.05) is 26.3 Å². The smallest absolute Gasteiger partial charge is 0.254 e. The monoisotopic (exact) mass is 272 g/mol. The molecule has 1 aliphatic heterocycles. The lowest BCUT2D eigenvalue weighted by molar-refractivity contribution is 0.0303. The van der Waals surface area contributed by atoms with Gasteiger partial charge in [-0.15, -0.1) is 0 Å². The molecule has 2 rings (SSSR count). The molecule has 1 aliphatic rings. The standard InChI is InChI=1S/C12H14ClFN2O2/c13-10-6-8(5-9(7-15)11(10)14)12(17)16-1-3-18-4-2-16/h5-6H,1-4,7,15H2. The van der Waals surface area contributed by atoms with Crippen LogP contribution in [-0.2, 0) is 11.3 Å². The number of morpholine rings is 1. The molecule has 0 radical (unpaired) electrons. The molecule has 0 atom stereocenters. The first-order valence-electron chi connectivity index (χ1n) is 5.68. The van der Waals surface area contributed by atoms with Crippen LogP contribution in [0.5, 0.6) is 0 Å². The molecular weight excluding hydrogens is 259 g/mol. The Kier molecular flexibility index (Phi) is 4.16. The Hall–Kier alpha value is -1.17. The van der Waals surface area contributed by atoms with Crippen LogP contribution in [0.2, 0.25) is 5.02 Å². The van der Waals surface area contributed by atoms with Gasteiger partial charge in [0.2, 0.25) is 0 Å². The van der Waals surface area contributed by atoms with Gasteiger partial charge in [0.05, 0.1) is 18.2 Å². The summed E-state index contributed by atoms with van der Waals surface area (Å²) in [5.41, 5.74) is 6.04. The number of amides is 1. The summed E-state index contributed by atoms with van der Waals surface area (Å²) in [6, 6.07) is 2.80. The molecule has 1 saturated heterocycles. The zero-order valence-electron chi connectivity index (χ0n) is 9.79. The third kappa shape index (κ3) is 2.63. The molecular formula is C12H14ClFN2O2. The van der Waals surface area contributed by atoms with Gasteiger partial charge in [-0.3, -0.25) is 4.79 Å². The molecule has 18 heavy (non-hydrogen) atoms. The van der Waals surface area contributed by atoms with Gasteiger partial charge in [-0.2, -0.15) is 0 Å². The summed E-state index contributed by atoms with van der Waals surface area (Å²) < 4.78 is 18.7. The van der Waals surface area contributed by atoms with E-state index in [9.17, 15) is 9.18 Å². The van der Waals surface area contributed by atoms with E-state index >= 15 is 0 Å². The average Bonchev–Trinajstić information content (AvgIpc) is 2.42. The predicted octanol–water partition coefficient (Wildman–Crippen LogP) is 1.41. The number of nitrogens with zero attached hydrogens (tertiary/aromatic N) is 1. The van der Waals surface area contributed by atoms with Crippen LogP contribution in [0.3, 0.4) is 0 Å². The summed E-state index contributed by atoms with van der Waals surface area (Å²) in [4.78, 5) is 13.8. The number of ether oxygens (including phenoxy) is 1. The van der Waals surface area contributed by atoms with Gasteiger partial charge >= 0.3 is 0 Å². The van der Waals surface area contributed by atoms with Crippen LogP contribution in [0.1, 0.15) is 15.9 Å². The van der Waals surface area contributed by atoms with Crippen molar-refractivity contribution in [3.8, 4) is 0 Å². The van der Waals surface area contributed by atoms with Crippen LogP contribution in [0, 0.1) is 5.82 Å². The summed E-state index contributed by atoms with van der Waals surface area (Å²) in [6.07, 6.45) is 0. The van der Waals surface area contributed by atoms with E-state index in [1.54, 1.807) is 4.90 Å². The predicted molar refractivity (Wildman–Crippen MR) is 66.0 cm³/mol. The normalized spacial score (nSPS) is 15.8. The zero-order chi connectivity index (χ0) is 13.1. The molecule has 0 bridgehead atoms. The van der Waals surface area contributed by atoms with Crippen molar-refractivity contribution in [3.63, 3.8) is 0 Å². The Morgan fingerprint density at radius 3 is 2.72 bits per heavy atom. The minimum absolute atomic E-state index is 0.00971. The largest absolute Gasteiger partial charge is 0.378 e. The molecule has 1 heterocycles. The fourth-order valence-corrected chi connectivity index (χ4v) is 2.11. The third-order valence-electron chi connectivity index (χ3n) is 2.87. The fraction of sp³-hybridized carbons (Fsp3) is 0.417. The van der Waals surface area contributed by atoms with Crippen LogP contribution < -0.4 is 5.73 Å². The first-order chi connectivity index (χ1) is 8.63. The van der Waals surface area contributed by atoms with Gasteiger partial charge in [-0.25, -0.2) is 4.39 Å². The second kappa shape index (κ2) is 5.65. The second-order valence-corrected chi connectivity index (χ2v) is 4.45. The van der Waals surface area contributed by atoms with Gasteiger partial charge in [0.1, 0.15) is 5.82 Å². The van der Waals surface area contributed by atoms with E-state index in [0.717, 1.165) is 0 Å². The van der Waals surface area contributed by atoms with E-state index in [1.807, 2.05) is 0 Å². The number of halogens is 2. The SMILES string of the molecule is NCc1cc(C(=O)N2CCOCC2)cc(Cl)c1F. The van der Waals surface area contributed by atoms with Crippen LogP contribution in [0.4, 0.5) is 4.39 Å². The molecule has 6 heteroatoms. The van der Waals surface area contributed by atoms with Crippen molar-refractivity contribution in [1.29, 1.82) is 0 Å². The Bertz CT molecular complexity index is 462. The first-order valence-corrected chi connectivity index (χ1v) is 6.06. The third-order valence-corrected chi connectivity index (χ3v) is 3.14. The van der Waals surface area contributed by atoms with E-state index in [-0.39, 0.29) is 23.0 Å². The zero-order valence-corrected chi connectivity index (χ0v) is 10.5. The Morgan fingerprint density at radius 2 is 2.11 bits per heavy atom. The molecule has 1 amide bonds. The number of carbonyl (C=O) groups is 1. The highest BCUT2D eigenvalue weighted by Gasteiger charge is 2.20. The highest BCUT2D eigenvalue weighted by molar-refractivity contribution is 6.31. The minimum Gasteiger partial charge on any atom is -0.378 e. The molecule has 0 unspecified atom stereocenters. The fourth-order valence-electron chi connectivity index (χ4n) is 1.87. The van der Waals surface area contributed by atoms with Gasteiger partial charge in [0.15, 0.2) is 0 Å². The number of benzene rings is 1. The molecule has 2 N–H and O–H groups in total. The number of hydrogen-bond donors (Lipinski definition) is 1. The van der Waals surface area contributed by atoms with Gasteiger partial charge in [-0.1, -0.05) is 11.6 Å². The Labute approximate surface area is 109 Å². The summed E-state index contributed by atoms with van der Waals surface area (Å²) in [6.45, 7) is 2.11. The maximum absolute atomic E-state index is 13.5. The molecule has 0 aliphatic carbocycles. The average molecular weight is 273 g/mol. The van der Waals surface area contributed by atoms with Gasteiger partial charge in [0.25, 0.3) is 5.91 Å². The minimum atomic E-state index is -0.558. The van der Waals surface area contributed by atoms with Gasteiger partial charge < -0.3 is 15.4 Å². The second-order valence-electron chi connectivity index (χ2n) is 4.04. The van der Waals surface area contributed by atoms with Gasteiger partial charge in [0, 0.05) is 30.8 Å². The molecule has 0 aromatic heterocycles. The number of nitrogens with two attached hydrogens (primary N) is 1. The summed E-state index contributed by atoms with van der Waals surface area (Å²) in [5, 5.41) is -0.0745. The van der Waals surface area contributed by atoms with E-state index in [4.69, 9.17) is 22.1 Å². The van der Waals surface area contributed by atoms with Crippen molar-refractivity contribution in [3.05, 3.63) is 34.1 Å². The lowest BCUT2D eigenvalue weighted by Crippen LogP contribution is -2.40. The summed E-state index contributed by atoms with van der Waals surface area (Å²) >= 11 is 5.75. The van der Waals surface area contributed by atoms with Crippen LogP contribution in [0.25, 0.3) is 0 Å². The maximum Gasteiger partial charge on any atom is 0.254 e. The molecule has 0 saturated carbocycles. The number of hydrogen-bond acceptors (Lipinski definition) is 3. The molecule has 1 aromatic rings. The Morgan fingerprint density at radius 1 is 1.44 bits per heavy atom.